The van der Waals surface area contributed by atoms with Gasteiger partial charge in [0.1, 0.15) is 12.4 Å². The summed E-state index contributed by atoms with van der Waals surface area (Å²) in [6.45, 7) is -0.0176. The maximum atomic E-state index is 13.1. The molecule has 1 rings (SSSR count). The molecule has 1 aromatic carbocycles. The first-order chi connectivity index (χ1) is 7.82. The molecule has 0 N–H and O–H groups in total. The number of rotatable bonds is 4. The van der Waals surface area contributed by atoms with Crippen molar-refractivity contribution in [2.75, 3.05) is 6.61 Å². The van der Waals surface area contributed by atoms with Gasteiger partial charge in [-0.05, 0) is 19.1 Å². The Balaban J connectivity index is 2.60. The third-order valence-corrected chi connectivity index (χ3v) is 2.10. The number of hydrogen-bond acceptors (Lipinski definition) is 2. The summed E-state index contributed by atoms with van der Waals surface area (Å²) in [6.07, 6.45) is -6.59. The maximum absolute atomic E-state index is 13.1. The van der Waals surface area contributed by atoms with Gasteiger partial charge in [-0.3, -0.25) is 4.79 Å². The predicted molar refractivity (Wildman–Crippen MR) is 52.2 cm³/mol. The number of ether oxygens (including phenoxy) is 1. The summed E-state index contributed by atoms with van der Waals surface area (Å²) < 4.78 is 53.6. The van der Waals surface area contributed by atoms with Gasteiger partial charge in [-0.1, -0.05) is 12.1 Å². The van der Waals surface area contributed by atoms with Crippen molar-refractivity contribution in [3.05, 3.63) is 35.6 Å². The molecule has 0 aromatic heterocycles. The van der Waals surface area contributed by atoms with E-state index in [0.717, 1.165) is 13.0 Å². The Hall–Kier alpha value is -1.43. The number of benzene rings is 1. The van der Waals surface area contributed by atoms with Crippen LogP contribution >= 0.6 is 0 Å². The lowest BCUT2D eigenvalue weighted by Gasteiger charge is -2.15. The third-order valence-electron chi connectivity index (χ3n) is 2.10. The fraction of sp³-hybridized carbons (Fsp3) is 0.364. The molecule has 0 aliphatic rings. The number of hydrogen-bond donors (Lipinski definition) is 0. The SMILES string of the molecule is CC(OCC(=O)c1ccccc1F)C(F)(F)F. The zero-order valence-corrected chi connectivity index (χ0v) is 8.92. The number of ketones is 1. The van der Waals surface area contributed by atoms with E-state index >= 15 is 0 Å². The van der Waals surface area contributed by atoms with Crippen molar-refractivity contribution < 1.29 is 27.1 Å². The Morgan fingerprint density at radius 2 is 1.94 bits per heavy atom. The fourth-order valence-corrected chi connectivity index (χ4v) is 1.06. The van der Waals surface area contributed by atoms with Crippen LogP contribution in [0.1, 0.15) is 17.3 Å². The highest BCUT2D eigenvalue weighted by atomic mass is 19.4. The van der Waals surface area contributed by atoms with E-state index in [-0.39, 0.29) is 5.56 Å². The molecule has 0 heterocycles. The van der Waals surface area contributed by atoms with Crippen LogP contribution in [0.3, 0.4) is 0 Å². The van der Waals surface area contributed by atoms with Crippen LogP contribution in [0, 0.1) is 5.82 Å². The average Bonchev–Trinajstić information content (AvgIpc) is 2.24. The molecule has 0 aliphatic heterocycles. The number of carbonyl (C=O) groups excluding carboxylic acids is 1. The van der Waals surface area contributed by atoms with Crippen LogP contribution in [0.15, 0.2) is 24.3 Å². The third kappa shape index (κ3) is 3.81. The van der Waals surface area contributed by atoms with Crippen molar-refractivity contribution in [2.24, 2.45) is 0 Å². The molecule has 17 heavy (non-hydrogen) atoms. The summed E-state index contributed by atoms with van der Waals surface area (Å²) in [5.74, 6) is -1.60. The minimum Gasteiger partial charge on any atom is -0.361 e. The van der Waals surface area contributed by atoms with E-state index < -0.39 is 30.5 Å². The number of alkyl halides is 3. The van der Waals surface area contributed by atoms with Crippen LogP contribution in [0.5, 0.6) is 0 Å². The Morgan fingerprint density at radius 3 is 2.47 bits per heavy atom. The Bertz CT molecular complexity index is 401. The molecular weight excluding hydrogens is 240 g/mol. The second-order valence-corrected chi connectivity index (χ2v) is 3.40. The summed E-state index contributed by atoms with van der Waals surface area (Å²) in [5, 5.41) is 0. The lowest BCUT2D eigenvalue weighted by molar-refractivity contribution is -0.210. The van der Waals surface area contributed by atoms with Gasteiger partial charge in [0.05, 0.1) is 5.56 Å². The number of Topliss-reactive ketones (excluding diaryl/α,β-unsaturated/α-hetero) is 1. The zero-order chi connectivity index (χ0) is 13.1. The number of halogens is 4. The molecule has 0 spiro atoms. The van der Waals surface area contributed by atoms with Crippen LogP contribution in [-0.4, -0.2) is 24.7 Å². The van der Waals surface area contributed by atoms with E-state index in [1.807, 2.05) is 0 Å². The second-order valence-electron chi connectivity index (χ2n) is 3.40. The first-order valence-corrected chi connectivity index (χ1v) is 4.78. The van der Waals surface area contributed by atoms with Gasteiger partial charge < -0.3 is 4.74 Å². The van der Waals surface area contributed by atoms with E-state index in [1.54, 1.807) is 0 Å². The summed E-state index contributed by atoms with van der Waals surface area (Å²) in [6, 6.07) is 5.05. The quantitative estimate of drug-likeness (QED) is 0.606. The molecule has 0 aliphatic carbocycles. The molecule has 0 saturated carbocycles. The summed E-state index contributed by atoms with van der Waals surface area (Å²) >= 11 is 0. The highest BCUT2D eigenvalue weighted by Crippen LogP contribution is 2.22. The Labute approximate surface area is 95.2 Å². The molecular formula is C11H10F4O2. The maximum Gasteiger partial charge on any atom is 0.414 e. The topological polar surface area (TPSA) is 26.3 Å². The molecule has 1 atom stereocenters. The predicted octanol–water partition coefficient (Wildman–Crippen LogP) is 2.98. The normalized spacial score (nSPS) is 13.5. The average molecular weight is 250 g/mol. The van der Waals surface area contributed by atoms with Gasteiger partial charge in [-0.25, -0.2) is 4.39 Å². The van der Waals surface area contributed by atoms with E-state index in [9.17, 15) is 22.4 Å². The van der Waals surface area contributed by atoms with Crippen LogP contribution in [0.25, 0.3) is 0 Å². The van der Waals surface area contributed by atoms with Crippen molar-refractivity contribution in [3.63, 3.8) is 0 Å². The van der Waals surface area contributed by atoms with Gasteiger partial charge >= 0.3 is 6.18 Å². The lowest BCUT2D eigenvalue weighted by atomic mass is 10.1. The number of carbonyl (C=O) groups is 1. The van der Waals surface area contributed by atoms with E-state index in [2.05, 4.69) is 4.74 Å². The fourth-order valence-electron chi connectivity index (χ4n) is 1.06. The van der Waals surface area contributed by atoms with Gasteiger partial charge in [0, 0.05) is 0 Å². The van der Waals surface area contributed by atoms with Crippen LogP contribution in [0.2, 0.25) is 0 Å². The van der Waals surface area contributed by atoms with Gasteiger partial charge in [-0.15, -0.1) is 0 Å². The Morgan fingerprint density at radius 1 is 1.35 bits per heavy atom. The van der Waals surface area contributed by atoms with E-state index in [1.165, 1.54) is 18.2 Å². The molecule has 0 fully saturated rings. The van der Waals surface area contributed by atoms with Crippen molar-refractivity contribution in [2.45, 2.75) is 19.2 Å². The lowest BCUT2D eigenvalue weighted by Crippen LogP contribution is -2.30. The summed E-state index contributed by atoms with van der Waals surface area (Å²) in [7, 11) is 0. The first-order valence-electron chi connectivity index (χ1n) is 4.78. The molecule has 1 aromatic rings. The Kier molecular flexibility index (Phi) is 4.22. The molecule has 2 nitrogen and oxygen atoms in total. The zero-order valence-electron chi connectivity index (χ0n) is 8.92. The smallest absolute Gasteiger partial charge is 0.361 e. The van der Waals surface area contributed by atoms with Gasteiger partial charge in [0.2, 0.25) is 0 Å². The molecule has 6 heteroatoms. The van der Waals surface area contributed by atoms with Crippen molar-refractivity contribution in [1.82, 2.24) is 0 Å². The summed E-state index contributed by atoms with van der Waals surface area (Å²) in [5.41, 5.74) is -0.276. The van der Waals surface area contributed by atoms with Crippen molar-refractivity contribution in [3.8, 4) is 0 Å². The van der Waals surface area contributed by atoms with Gasteiger partial charge in [-0.2, -0.15) is 13.2 Å². The molecule has 0 amide bonds. The molecule has 0 bridgehead atoms. The van der Waals surface area contributed by atoms with Crippen LogP contribution in [-0.2, 0) is 4.74 Å². The molecule has 0 saturated heterocycles. The van der Waals surface area contributed by atoms with E-state index in [4.69, 9.17) is 0 Å². The van der Waals surface area contributed by atoms with Gasteiger partial charge in [0.15, 0.2) is 11.9 Å². The second kappa shape index (κ2) is 5.27. The standard InChI is InChI=1S/C11H10F4O2/c1-7(11(13,14)15)17-6-10(16)8-4-2-3-5-9(8)12/h2-5,7H,6H2,1H3. The highest BCUT2D eigenvalue weighted by Gasteiger charge is 2.37. The minimum absolute atomic E-state index is 0.276. The first kappa shape index (κ1) is 13.6. The van der Waals surface area contributed by atoms with Crippen LogP contribution < -0.4 is 0 Å². The molecule has 0 radical (unpaired) electrons. The minimum atomic E-state index is -4.53. The molecule has 1 unspecified atom stereocenters. The van der Waals surface area contributed by atoms with Crippen molar-refractivity contribution >= 4 is 5.78 Å². The summed E-state index contributed by atoms with van der Waals surface area (Å²) in [4.78, 5) is 11.4. The van der Waals surface area contributed by atoms with E-state index in [0.29, 0.717) is 0 Å². The van der Waals surface area contributed by atoms with Gasteiger partial charge in [0.25, 0.3) is 0 Å². The largest absolute Gasteiger partial charge is 0.414 e. The van der Waals surface area contributed by atoms with Crippen molar-refractivity contribution in [1.29, 1.82) is 0 Å². The highest BCUT2D eigenvalue weighted by molar-refractivity contribution is 5.97. The molecule has 94 valence electrons. The monoisotopic (exact) mass is 250 g/mol. The van der Waals surface area contributed by atoms with Crippen LogP contribution in [0.4, 0.5) is 17.6 Å².